The predicted octanol–water partition coefficient (Wildman–Crippen LogP) is 4.08. The highest BCUT2D eigenvalue weighted by molar-refractivity contribution is 5.97. The van der Waals surface area contributed by atoms with Crippen LogP contribution in [0.15, 0.2) is 54.6 Å². The van der Waals surface area contributed by atoms with Crippen LogP contribution in [-0.4, -0.2) is 25.1 Å². The van der Waals surface area contributed by atoms with Crippen molar-refractivity contribution in [2.45, 2.75) is 32.3 Å². The van der Waals surface area contributed by atoms with Crippen molar-refractivity contribution in [3.8, 4) is 5.75 Å². The second-order valence-corrected chi connectivity index (χ2v) is 6.03. The average molecular weight is 324 g/mol. The third-order valence-corrected chi connectivity index (χ3v) is 4.29. The van der Waals surface area contributed by atoms with E-state index in [-0.39, 0.29) is 5.91 Å². The van der Waals surface area contributed by atoms with E-state index < -0.39 is 6.10 Å². The first kappa shape index (κ1) is 16.4. The number of carbonyl (C=O) groups is 1. The fourth-order valence-corrected chi connectivity index (χ4v) is 3.01. The minimum absolute atomic E-state index is 0.104. The number of nitrogens with zero attached hydrogens (tertiary/aromatic N) is 1. The maximum atomic E-state index is 12.7. The summed E-state index contributed by atoms with van der Waals surface area (Å²) in [4.78, 5) is 15.0. The van der Waals surface area contributed by atoms with E-state index in [0.29, 0.717) is 12.2 Å². The molecule has 3 rings (SSSR count). The normalized spacial score (nSPS) is 15.1. The number of nitrogens with one attached hydrogen (secondary N) is 1. The molecular formula is C20H24N2O2. The molecule has 1 atom stereocenters. The number of benzene rings is 2. The zero-order valence-electron chi connectivity index (χ0n) is 14.1. The molecule has 1 saturated heterocycles. The first-order valence-corrected chi connectivity index (χ1v) is 8.64. The third kappa shape index (κ3) is 3.88. The van der Waals surface area contributed by atoms with Crippen LogP contribution in [0.3, 0.4) is 0 Å². The number of ether oxygens (including phenoxy) is 1. The molecule has 1 amide bonds. The second kappa shape index (κ2) is 7.86. The summed E-state index contributed by atoms with van der Waals surface area (Å²) >= 11 is 0. The molecule has 1 aliphatic heterocycles. The highest BCUT2D eigenvalue weighted by atomic mass is 16.5. The Morgan fingerprint density at radius 3 is 2.46 bits per heavy atom. The Balaban J connectivity index is 1.71. The fraction of sp³-hybridized carbons (Fsp3) is 0.350. The summed E-state index contributed by atoms with van der Waals surface area (Å²) in [6, 6.07) is 17.5. The van der Waals surface area contributed by atoms with Gasteiger partial charge in [-0.15, -0.1) is 0 Å². The van der Waals surface area contributed by atoms with Crippen molar-refractivity contribution < 1.29 is 9.53 Å². The molecular weight excluding hydrogens is 300 g/mol. The molecule has 24 heavy (non-hydrogen) atoms. The van der Waals surface area contributed by atoms with Crippen molar-refractivity contribution in [3.63, 3.8) is 0 Å². The van der Waals surface area contributed by atoms with Crippen molar-refractivity contribution in [1.29, 1.82) is 0 Å². The molecule has 0 radical (unpaired) electrons. The van der Waals surface area contributed by atoms with Crippen molar-refractivity contribution in [1.82, 2.24) is 0 Å². The molecule has 0 spiro atoms. The van der Waals surface area contributed by atoms with Gasteiger partial charge in [0.15, 0.2) is 6.10 Å². The lowest BCUT2D eigenvalue weighted by Crippen LogP contribution is -2.33. The highest BCUT2D eigenvalue weighted by Crippen LogP contribution is 2.29. The van der Waals surface area contributed by atoms with Crippen LogP contribution in [-0.2, 0) is 4.79 Å². The number of hydrogen-bond acceptors (Lipinski definition) is 3. The molecule has 126 valence electrons. The molecule has 1 heterocycles. The summed E-state index contributed by atoms with van der Waals surface area (Å²) in [6.07, 6.45) is 2.53. The number of hydrogen-bond donors (Lipinski definition) is 1. The van der Waals surface area contributed by atoms with Crippen molar-refractivity contribution in [2.24, 2.45) is 0 Å². The zero-order valence-corrected chi connectivity index (χ0v) is 14.1. The van der Waals surface area contributed by atoms with Gasteiger partial charge >= 0.3 is 0 Å². The molecule has 0 aliphatic carbocycles. The minimum atomic E-state index is -0.501. The Morgan fingerprint density at radius 1 is 1.08 bits per heavy atom. The van der Waals surface area contributed by atoms with Crippen LogP contribution in [0, 0.1) is 0 Å². The van der Waals surface area contributed by atoms with Gasteiger partial charge in [-0.1, -0.05) is 37.3 Å². The summed E-state index contributed by atoms with van der Waals surface area (Å²) in [6.45, 7) is 4.05. The molecule has 0 saturated carbocycles. The van der Waals surface area contributed by atoms with Crippen LogP contribution in [0.1, 0.15) is 26.2 Å². The Labute approximate surface area is 143 Å². The van der Waals surface area contributed by atoms with Gasteiger partial charge in [0.05, 0.1) is 11.4 Å². The summed E-state index contributed by atoms with van der Waals surface area (Å²) in [5.41, 5.74) is 1.96. The molecule has 1 aliphatic rings. The maximum absolute atomic E-state index is 12.7. The maximum Gasteiger partial charge on any atom is 0.265 e. The van der Waals surface area contributed by atoms with Gasteiger partial charge < -0.3 is 15.0 Å². The van der Waals surface area contributed by atoms with Gasteiger partial charge in [0.25, 0.3) is 5.91 Å². The van der Waals surface area contributed by atoms with Gasteiger partial charge in [-0.05, 0) is 43.5 Å². The molecule has 4 nitrogen and oxygen atoms in total. The van der Waals surface area contributed by atoms with E-state index in [9.17, 15) is 4.79 Å². The van der Waals surface area contributed by atoms with Crippen molar-refractivity contribution in [3.05, 3.63) is 54.6 Å². The van der Waals surface area contributed by atoms with Crippen LogP contribution in [0.25, 0.3) is 0 Å². The largest absolute Gasteiger partial charge is 0.481 e. The van der Waals surface area contributed by atoms with E-state index in [1.807, 2.05) is 55.5 Å². The van der Waals surface area contributed by atoms with E-state index in [4.69, 9.17) is 4.74 Å². The number of para-hydroxylation sites is 3. The lowest BCUT2D eigenvalue weighted by molar-refractivity contribution is -0.122. The molecule has 2 aromatic carbocycles. The standard InChI is InChI=1S/C20H24N2O2/c1-2-19(24-16-10-4-3-5-11-16)20(23)21-17-12-6-7-13-18(17)22-14-8-9-15-22/h3-7,10-13,19H,2,8-9,14-15H2,1H3,(H,21,23)/t19-/m1/s1. The third-order valence-electron chi connectivity index (χ3n) is 4.29. The number of rotatable bonds is 6. The molecule has 0 bridgehead atoms. The van der Waals surface area contributed by atoms with E-state index in [1.54, 1.807) is 0 Å². The summed E-state index contributed by atoms with van der Waals surface area (Å²) in [5, 5.41) is 3.05. The zero-order chi connectivity index (χ0) is 16.8. The summed E-state index contributed by atoms with van der Waals surface area (Å²) in [5.74, 6) is 0.611. The van der Waals surface area contributed by atoms with Gasteiger partial charge in [-0.25, -0.2) is 0 Å². The summed E-state index contributed by atoms with van der Waals surface area (Å²) < 4.78 is 5.84. The van der Waals surface area contributed by atoms with Crippen LogP contribution >= 0.6 is 0 Å². The molecule has 0 unspecified atom stereocenters. The predicted molar refractivity (Wildman–Crippen MR) is 97.7 cm³/mol. The van der Waals surface area contributed by atoms with Gasteiger partial charge in [0, 0.05) is 13.1 Å². The van der Waals surface area contributed by atoms with Crippen LogP contribution < -0.4 is 15.0 Å². The van der Waals surface area contributed by atoms with Crippen LogP contribution in [0.5, 0.6) is 5.75 Å². The Kier molecular flexibility index (Phi) is 5.36. The molecule has 1 fully saturated rings. The van der Waals surface area contributed by atoms with Crippen molar-refractivity contribution >= 4 is 17.3 Å². The van der Waals surface area contributed by atoms with Crippen LogP contribution in [0.4, 0.5) is 11.4 Å². The lowest BCUT2D eigenvalue weighted by Gasteiger charge is -2.23. The smallest absolute Gasteiger partial charge is 0.265 e. The molecule has 2 aromatic rings. The summed E-state index contributed by atoms with van der Waals surface area (Å²) in [7, 11) is 0. The van der Waals surface area contributed by atoms with Crippen LogP contribution in [0.2, 0.25) is 0 Å². The minimum Gasteiger partial charge on any atom is -0.481 e. The average Bonchev–Trinajstić information content (AvgIpc) is 3.15. The first-order valence-electron chi connectivity index (χ1n) is 8.64. The number of amides is 1. The SMILES string of the molecule is CC[C@@H](Oc1ccccc1)C(=O)Nc1ccccc1N1CCCC1. The number of anilines is 2. The molecule has 0 aromatic heterocycles. The molecule has 1 N–H and O–H groups in total. The van der Waals surface area contributed by atoms with E-state index in [0.717, 1.165) is 24.5 Å². The Hall–Kier alpha value is -2.49. The quantitative estimate of drug-likeness (QED) is 0.870. The van der Waals surface area contributed by atoms with Crippen molar-refractivity contribution in [2.75, 3.05) is 23.3 Å². The molecule has 4 heteroatoms. The van der Waals surface area contributed by atoms with E-state index in [1.165, 1.54) is 12.8 Å². The monoisotopic (exact) mass is 324 g/mol. The van der Waals surface area contributed by atoms with Gasteiger partial charge in [0.1, 0.15) is 5.75 Å². The van der Waals surface area contributed by atoms with E-state index >= 15 is 0 Å². The second-order valence-electron chi connectivity index (χ2n) is 6.03. The fourth-order valence-electron chi connectivity index (χ4n) is 3.01. The topological polar surface area (TPSA) is 41.6 Å². The lowest BCUT2D eigenvalue weighted by atomic mass is 10.2. The van der Waals surface area contributed by atoms with Gasteiger partial charge in [-0.2, -0.15) is 0 Å². The highest BCUT2D eigenvalue weighted by Gasteiger charge is 2.21. The number of carbonyl (C=O) groups excluding carboxylic acids is 1. The van der Waals surface area contributed by atoms with Gasteiger partial charge in [-0.3, -0.25) is 4.79 Å². The Morgan fingerprint density at radius 2 is 1.75 bits per heavy atom. The van der Waals surface area contributed by atoms with E-state index in [2.05, 4.69) is 16.3 Å². The Bertz CT molecular complexity index is 666. The van der Waals surface area contributed by atoms with Gasteiger partial charge in [0.2, 0.25) is 0 Å². The first-order chi connectivity index (χ1) is 11.8.